The third-order valence-corrected chi connectivity index (χ3v) is 4.44. The normalized spacial score (nSPS) is 11.1. The van der Waals surface area contributed by atoms with Gasteiger partial charge in [-0.2, -0.15) is 0 Å². The van der Waals surface area contributed by atoms with Crippen LogP contribution in [-0.4, -0.2) is 30.4 Å². The summed E-state index contributed by atoms with van der Waals surface area (Å²) in [5, 5.41) is 2.92. The van der Waals surface area contributed by atoms with Gasteiger partial charge in [0.2, 0.25) is 0 Å². The summed E-state index contributed by atoms with van der Waals surface area (Å²) in [6.07, 6.45) is 6.42. The van der Waals surface area contributed by atoms with Crippen LogP contribution in [0.4, 0.5) is 0 Å². The molecule has 0 spiro atoms. The Bertz CT molecular complexity index is 1100. The van der Waals surface area contributed by atoms with Crippen molar-refractivity contribution in [2.75, 3.05) is 0 Å². The van der Waals surface area contributed by atoms with Crippen molar-refractivity contribution in [1.29, 1.82) is 0 Å². The van der Waals surface area contributed by atoms with E-state index in [2.05, 4.69) is 43.7 Å². The number of carbonyl (C=O) groups excluding carboxylic acids is 1. The molecule has 7 heteroatoms. The zero-order valence-electron chi connectivity index (χ0n) is 15.7. The van der Waals surface area contributed by atoms with E-state index < -0.39 is 0 Å². The van der Waals surface area contributed by atoms with Crippen molar-refractivity contribution >= 4 is 16.9 Å². The molecule has 1 N–H and O–H groups in total. The summed E-state index contributed by atoms with van der Waals surface area (Å²) in [7, 11) is 0. The molecule has 0 saturated heterocycles. The highest BCUT2D eigenvalue weighted by Crippen LogP contribution is 2.21. The maximum atomic E-state index is 12.5. The van der Waals surface area contributed by atoms with Crippen LogP contribution >= 0.6 is 0 Å². The Balaban J connectivity index is 1.50. The van der Waals surface area contributed by atoms with Crippen LogP contribution in [0.2, 0.25) is 0 Å². The van der Waals surface area contributed by atoms with E-state index in [1.165, 1.54) is 12.4 Å². The SMILES string of the molecule is CC(C)n1c(CNC(=O)c2cnc(-c3ccncc3)nc2)nc2ccccc21. The largest absolute Gasteiger partial charge is 0.345 e. The highest BCUT2D eigenvalue weighted by Gasteiger charge is 2.14. The van der Waals surface area contributed by atoms with E-state index in [-0.39, 0.29) is 11.9 Å². The molecule has 7 nitrogen and oxygen atoms in total. The Morgan fingerprint density at radius 3 is 2.50 bits per heavy atom. The number of rotatable bonds is 5. The number of para-hydroxylation sites is 2. The Morgan fingerprint density at radius 2 is 1.79 bits per heavy atom. The first-order chi connectivity index (χ1) is 13.6. The lowest BCUT2D eigenvalue weighted by Crippen LogP contribution is -2.25. The molecule has 0 aliphatic rings. The molecule has 3 aromatic heterocycles. The zero-order chi connectivity index (χ0) is 19.5. The number of nitrogens with one attached hydrogen (secondary N) is 1. The van der Waals surface area contributed by atoms with E-state index in [0.717, 1.165) is 22.4 Å². The summed E-state index contributed by atoms with van der Waals surface area (Å²) in [4.78, 5) is 29.7. The maximum absolute atomic E-state index is 12.5. The topological polar surface area (TPSA) is 85.6 Å². The Morgan fingerprint density at radius 1 is 1.07 bits per heavy atom. The van der Waals surface area contributed by atoms with Crippen molar-refractivity contribution in [2.24, 2.45) is 0 Å². The first-order valence-electron chi connectivity index (χ1n) is 9.10. The van der Waals surface area contributed by atoms with Crippen molar-refractivity contribution in [3.8, 4) is 11.4 Å². The highest BCUT2D eigenvalue weighted by atomic mass is 16.1. The predicted octanol–water partition coefficient (Wildman–Crippen LogP) is 3.40. The first kappa shape index (κ1) is 17.8. The number of nitrogens with zero attached hydrogens (tertiary/aromatic N) is 5. The van der Waals surface area contributed by atoms with Gasteiger partial charge < -0.3 is 9.88 Å². The third-order valence-electron chi connectivity index (χ3n) is 4.44. The molecule has 0 aliphatic heterocycles. The monoisotopic (exact) mass is 372 g/mol. The fraction of sp³-hybridized carbons (Fsp3) is 0.190. The van der Waals surface area contributed by atoms with Crippen molar-refractivity contribution in [2.45, 2.75) is 26.4 Å². The molecular formula is C21H20N6O. The van der Waals surface area contributed by atoms with Crippen LogP contribution in [0.5, 0.6) is 0 Å². The number of benzene rings is 1. The third kappa shape index (κ3) is 3.46. The average molecular weight is 372 g/mol. The van der Waals surface area contributed by atoms with E-state index in [4.69, 9.17) is 0 Å². The van der Waals surface area contributed by atoms with E-state index in [9.17, 15) is 4.79 Å². The molecule has 4 rings (SSSR count). The van der Waals surface area contributed by atoms with Gasteiger partial charge in [0.25, 0.3) is 5.91 Å². The minimum absolute atomic E-state index is 0.233. The second kappa shape index (κ2) is 7.56. The van der Waals surface area contributed by atoms with Crippen LogP contribution in [-0.2, 0) is 6.54 Å². The lowest BCUT2D eigenvalue weighted by atomic mass is 10.2. The van der Waals surface area contributed by atoms with E-state index >= 15 is 0 Å². The second-order valence-corrected chi connectivity index (χ2v) is 6.69. The molecule has 3 heterocycles. The van der Waals surface area contributed by atoms with Crippen molar-refractivity contribution in [3.05, 3.63) is 72.6 Å². The number of hydrogen-bond donors (Lipinski definition) is 1. The Hall–Kier alpha value is -3.61. The lowest BCUT2D eigenvalue weighted by Gasteiger charge is -2.13. The predicted molar refractivity (Wildman–Crippen MR) is 107 cm³/mol. The van der Waals surface area contributed by atoms with Gasteiger partial charge >= 0.3 is 0 Å². The molecule has 28 heavy (non-hydrogen) atoms. The summed E-state index contributed by atoms with van der Waals surface area (Å²) < 4.78 is 2.14. The molecule has 0 fully saturated rings. The summed E-state index contributed by atoms with van der Waals surface area (Å²) in [6, 6.07) is 11.9. The number of pyridine rings is 1. The van der Waals surface area contributed by atoms with Crippen LogP contribution < -0.4 is 5.32 Å². The van der Waals surface area contributed by atoms with Crippen molar-refractivity contribution in [1.82, 2.24) is 29.8 Å². The molecule has 1 aromatic carbocycles. The molecule has 140 valence electrons. The molecule has 0 saturated carbocycles. The lowest BCUT2D eigenvalue weighted by molar-refractivity contribution is 0.0948. The molecule has 0 aliphatic carbocycles. The molecule has 0 radical (unpaired) electrons. The summed E-state index contributed by atoms with van der Waals surface area (Å²) in [5.74, 6) is 1.14. The summed E-state index contributed by atoms with van der Waals surface area (Å²) in [6.45, 7) is 4.54. The number of amides is 1. The van der Waals surface area contributed by atoms with Crippen LogP contribution in [0, 0.1) is 0 Å². The maximum Gasteiger partial charge on any atom is 0.254 e. The van der Waals surface area contributed by atoms with Gasteiger partial charge in [0.05, 0.1) is 23.1 Å². The second-order valence-electron chi connectivity index (χ2n) is 6.69. The zero-order valence-corrected chi connectivity index (χ0v) is 15.7. The van der Waals surface area contributed by atoms with Crippen molar-refractivity contribution in [3.63, 3.8) is 0 Å². The van der Waals surface area contributed by atoms with Crippen LogP contribution in [0.3, 0.4) is 0 Å². The summed E-state index contributed by atoms with van der Waals surface area (Å²) >= 11 is 0. The first-order valence-corrected chi connectivity index (χ1v) is 9.10. The molecular weight excluding hydrogens is 352 g/mol. The van der Waals surface area contributed by atoms with Gasteiger partial charge in [-0.3, -0.25) is 9.78 Å². The van der Waals surface area contributed by atoms with Crippen LogP contribution in [0.25, 0.3) is 22.4 Å². The van der Waals surface area contributed by atoms with Gasteiger partial charge in [-0.05, 0) is 38.1 Å². The van der Waals surface area contributed by atoms with Crippen molar-refractivity contribution < 1.29 is 4.79 Å². The molecule has 4 aromatic rings. The van der Waals surface area contributed by atoms with E-state index in [0.29, 0.717) is 17.9 Å². The minimum atomic E-state index is -0.233. The van der Waals surface area contributed by atoms with Gasteiger partial charge in [-0.1, -0.05) is 12.1 Å². The number of aromatic nitrogens is 5. The standard InChI is InChI=1S/C21H20N6O/c1-14(2)27-18-6-4-3-5-17(18)26-19(27)13-25-21(28)16-11-23-20(24-12-16)15-7-9-22-10-8-15/h3-12,14H,13H2,1-2H3,(H,25,28). The fourth-order valence-electron chi connectivity index (χ4n) is 3.15. The number of imidazole rings is 1. The van der Waals surface area contributed by atoms with E-state index in [1.807, 2.05) is 36.4 Å². The van der Waals surface area contributed by atoms with Crippen LogP contribution in [0.1, 0.15) is 36.1 Å². The quantitative estimate of drug-likeness (QED) is 0.580. The molecule has 0 atom stereocenters. The fourth-order valence-corrected chi connectivity index (χ4v) is 3.15. The Kier molecular flexibility index (Phi) is 4.80. The number of hydrogen-bond acceptors (Lipinski definition) is 5. The minimum Gasteiger partial charge on any atom is -0.345 e. The van der Waals surface area contributed by atoms with Gasteiger partial charge in [0.1, 0.15) is 5.82 Å². The van der Waals surface area contributed by atoms with Gasteiger partial charge in [0.15, 0.2) is 5.82 Å². The molecule has 0 unspecified atom stereocenters. The number of carbonyl (C=O) groups is 1. The number of fused-ring (bicyclic) bond motifs is 1. The Labute approximate surface area is 162 Å². The summed E-state index contributed by atoms with van der Waals surface area (Å²) in [5.41, 5.74) is 3.25. The molecule has 0 bridgehead atoms. The van der Waals surface area contributed by atoms with Crippen LogP contribution in [0.15, 0.2) is 61.2 Å². The van der Waals surface area contributed by atoms with Gasteiger partial charge in [0, 0.05) is 36.4 Å². The smallest absolute Gasteiger partial charge is 0.254 e. The molecule has 1 amide bonds. The van der Waals surface area contributed by atoms with Gasteiger partial charge in [-0.15, -0.1) is 0 Å². The van der Waals surface area contributed by atoms with E-state index in [1.54, 1.807) is 12.4 Å². The average Bonchev–Trinajstić information content (AvgIpc) is 3.11. The van der Waals surface area contributed by atoms with Gasteiger partial charge in [-0.25, -0.2) is 15.0 Å². The highest BCUT2D eigenvalue weighted by molar-refractivity contribution is 5.93.